The minimum absolute atomic E-state index is 0.0294. The molecule has 0 N–H and O–H groups in total. The molecule has 2 aromatic heterocycles. The Morgan fingerprint density at radius 3 is 2.64 bits per heavy atom. The van der Waals surface area contributed by atoms with Gasteiger partial charge in [0.1, 0.15) is 35.3 Å². The normalized spacial score (nSPS) is 14.4. The van der Waals surface area contributed by atoms with Gasteiger partial charge in [-0.05, 0) is 54.4 Å². The number of hydrogen-bond acceptors (Lipinski definition) is 7. The largest absolute Gasteiger partial charge is 0.496 e. The van der Waals surface area contributed by atoms with E-state index < -0.39 is 17.5 Å². The Morgan fingerprint density at radius 1 is 1.02 bits per heavy atom. The molecule has 1 aliphatic heterocycles. The second-order valence-corrected chi connectivity index (χ2v) is 9.78. The van der Waals surface area contributed by atoms with Crippen LogP contribution in [0.4, 0.5) is 13.2 Å². The maximum Gasteiger partial charge on any atom is 0.317 e. The summed E-state index contributed by atoms with van der Waals surface area (Å²) in [6.07, 6.45) is 2.16. The zero-order valence-electron chi connectivity index (χ0n) is 22.5. The molecule has 1 saturated heterocycles. The van der Waals surface area contributed by atoms with E-state index in [1.807, 2.05) is 10.6 Å². The van der Waals surface area contributed by atoms with Gasteiger partial charge in [0, 0.05) is 30.4 Å². The lowest BCUT2D eigenvalue weighted by Crippen LogP contribution is -2.31. The zero-order valence-corrected chi connectivity index (χ0v) is 22.5. The molecule has 212 valence electrons. The monoisotopic (exact) mass is 571 g/mol. The Balaban J connectivity index is 1.25. The van der Waals surface area contributed by atoms with Crippen molar-refractivity contribution in [1.29, 1.82) is 5.26 Å². The van der Waals surface area contributed by atoms with E-state index >= 15 is 8.78 Å². The van der Waals surface area contributed by atoms with Gasteiger partial charge in [-0.15, -0.1) is 0 Å². The highest BCUT2D eigenvalue weighted by Gasteiger charge is 2.24. The fourth-order valence-electron chi connectivity index (χ4n) is 4.86. The Bertz CT molecular complexity index is 1830. The lowest BCUT2D eigenvalue weighted by atomic mass is 10.0. The maximum absolute atomic E-state index is 15.4. The maximum atomic E-state index is 15.4. The van der Waals surface area contributed by atoms with Crippen LogP contribution in [-0.2, 0) is 24.3 Å². The van der Waals surface area contributed by atoms with Crippen molar-refractivity contribution in [2.75, 3.05) is 13.7 Å². The molecule has 0 radical (unpaired) electrons. The van der Waals surface area contributed by atoms with Crippen molar-refractivity contribution in [1.82, 2.24) is 19.5 Å². The van der Waals surface area contributed by atoms with Crippen molar-refractivity contribution in [3.8, 4) is 29.1 Å². The molecule has 5 aromatic rings. The van der Waals surface area contributed by atoms with Crippen molar-refractivity contribution in [3.05, 3.63) is 101 Å². The van der Waals surface area contributed by atoms with Crippen LogP contribution in [0.2, 0.25) is 0 Å². The third kappa shape index (κ3) is 5.36. The number of methoxy groups -OCH3 is 1. The number of nitrogens with zero attached hydrogens (tertiary/aromatic N) is 5. The molecule has 8 nitrogen and oxygen atoms in total. The first-order valence-electron chi connectivity index (χ1n) is 13.2. The van der Waals surface area contributed by atoms with Crippen molar-refractivity contribution in [2.45, 2.75) is 32.1 Å². The molecule has 11 heteroatoms. The Morgan fingerprint density at radius 2 is 1.88 bits per heavy atom. The Hall–Kier alpha value is -4.95. The zero-order chi connectivity index (χ0) is 29.2. The number of hydrogen-bond donors (Lipinski definition) is 0. The Kier molecular flexibility index (Phi) is 7.46. The summed E-state index contributed by atoms with van der Waals surface area (Å²) >= 11 is 0. The van der Waals surface area contributed by atoms with E-state index in [9.17, 15) is 4.39 Å². The summed E-state index contributed by atoms with van der Waals surface area (Å²) in [4.78, 5) is 12.8. The third-order valence-electron chi connectivity index (χ3n) is 7.16. The number of para-hydroxylation sites is 1. The first kappa shape index (κ1) is 27.2. The molecule has 0 saturated carbocycles. The van der Waals surface area contributed by atoms with Crippen molar-refractivity contribution < 1.29 is 27.4 Å². The van der Waals surface area contributed by atoms with Crippen LogP contribution in [0.3, 0.4) is 0 Å². The second kappa shape index (κ2) is 11.5. The predicted octanol–water partition coefficient (Wildman–Crippen LogP) is 5.75. The lowest BCUT2D eigenvalue weighted by Gasteiger charge is -2.27. The predicted molar refractivity (Wildman–Crippen MR) is 146 cm³/mol. The summed E-state index contributed by atoms with van der Waals surface area (Å²) in [5.41, 5.74) is 1.98. The van der Waals surface area contributed by atoms with E-state index in [1.54, 1.807) is 30.3 Å². The van der Waals surface area contributed by atoms with E-state index in [0.29, 0.717) is 41.4 Å². The van der Waals surface area contributed by atoms with Gasteiger partial charge < -0.3 is 18.8 Å². The number of imidazole rings is 1. The smallest absolute Gasteiger partial charge is 0.317 e. The molecule has 1 atom stereocenters. The molecular formula is C31H24F3N5O3. The van der Waals surface area contributed by atoms with Crippen LogP contribution >= 0.6 is 0 Å². The molecule has 1 unspecified atom stereocenters. The van der Waals surface area contributed by atoms with Crippen LogP contribution in [0, 0.1) is 28.8 Å². The number of benzene rings is 3. The summed E-state index contributed by atoms with van der Waals surface area (Å²) in [5, 5.41) is 9.09. The number of halogens is 3. The van der Waals surface area contributed by atoms with Crippen LogP contribution in [0.25, 0.3) is 22.3 Å². The molecule has 1 fully saturated rings. The Labute approximate surface area is 239 Å². The number of fused-ring (bicyclic) bond motifs is 1. The van der Waals surface area contributed by atoms with Gasteiger partial charge in [-0.2, -0.15) is 10.2 Å². The van der Waals surface area contributed by atoms with Crippen LogP contribution < -0.4 is 9.47 Å². The minimum Gasteiger partial charge on any atom is -0.496 e. The molecule has 1 aliphatic rings. The fraction of sp³-hybridized carbons (Fsp3) is 0.226. The number of ether oxygens (including phenoxy) is 3. The molecule has 3 heterocycles. The van der Waals surface area contributed by atoms with Gasteiger partial charge in [0.25, 0.3) is 0 Å². The molecule has 0 spiro atoms. The molecule has 0 amide bonds. The van der Waals surface area contributed by atoms with Crippen molar-refractivity contribution >= 4 is 11.0 Å². The highest BCUT2D eigenvalue weighted by molar-refractivity contribution is 5.77. The first-order valence-corrected chi connectivity index (χ1v) is 13.2. The molecular weight excluding hydrogens is 547 g/mol. The van der Waals surface area contributed by atoms with E-state index in [4.69, 9.17) is 19.5 Å². The topological polar surface area (TPSA) is 95.1 Å². The standard InChI is InChI=1S/C31H24F3N5O3/c1-40-28-11-18(15-35)5-6-19(28)17-42-31-36-9-7-26(37-31)22-14-24(33)20(12-25(22)34)13-29-38-30-23(32)3-2-4-27(30)39(29)16-21-8-10-41-21/h2-7,9,11-12,14,21H,8,10,13,16-17H2,1H3. The van der Waals surface area contributed by atoms with Gasteiger partial charge in [-0.25, -0.2) is 23.1 Å². The average molecular weight is 572 g/mol. The first-order chi connectivity index (χ1) is 20.4. The average Bonchev–Trinajstić information content (AvgIpc) is 3.33. The van der Waals surface area contributed by atoms with Gasteiger partial charge in [0.15, 0.2) is 5.82 Å². The van der Waals surface area contributed by atoms with Gasteiger partial charge in [0.2, 0.25) is 0 Å². The summed E-state index contributed by atoms with van der Waals surface area (Å²) < 4.78 is 63.7. The molecule has 0 bridgehead atoms. The lowest BCUT2D eigenvalue weighted by molar-refractivity contribution is -0.0589. The highest BCUT2D eigenvalue weighted by Crippen LogP contribution is 2.29. The summed E-state index contributed by atoms with van der Waals surface area (Å²) in [6.45, 7) is 1.12. The van der Waals surface area contributed by atoms with Crippen molar-refractivity contribution in [3.63, 3.8) is 0 Å². The quantitative estimate of drug-likeness (QED) is 0.222. The number of rotatable bonds is 9. The van der Waals surface area contributed by atoms with Crippen LogP contribution in [0.1, 0.15) is 28.9 Å². The van der Waals surface area contributed by atoms with Crippen molar-refractivity contribution in [2.24, 2.45) is 0 Å². The summed E-state index contributed by atoms with van der Waals surface area (Å²) in [7, 11) is 1.48. The van der Waals surface area contributed by atoms with Crippen LogP contribution in [-0.4, -0.2) is 39.3 Å². The molecule has 3 aromatic carbocycles. The van der Waals surface area contributed by atoms with E-state index in [-0.39, 0.29) is 47.5 Å². The number of nitriles is 1. The van der Waals surface area contributed by atoms with Gasteiger partial charge in [-0.1, -0.05) is 12.1 Å². The SMILES string of the molecule is COc1cc(C#N)ccc1COc1nccc(-c2cc(F)c(Cc3nc4c(F)cccc4n3CC3CCO3)cc2F)n1. The molecule has 0 aliphatic carbocycles. The van der Waals surface area contributed by atoms with Crippen LogP contribution in [0.15, 0.2) is 60.8 Å². The van der Waals surface area contributed by atoms with Gasteiger partial charge in [-0.3, -0.25) is 0 Å². The second-order valence-electron chi connectivity index (χ2n) is 9.78. The van der Waals surface area contributed by atoms with Gasteiger partial charge in [0.05, 0.1) is 42.6 Å². The van der Waals surface area contributed by atoms with E-state index in [0.717, 1.165) is 18.6 Å². The summed E-state index contributed by atoms with van der Waals surface area (Å²) in [6, 6.07) is 15.2. The van der Waals surface area contributed by atoms with E-state index in [1.165, 1.54) is 25.4 Å². The molecule has 42 heavy (non-hydrogen) atoms. The van der Waals surface area contributed by atoms with Crippen LogP contribution in [0.5, 0.6) is 11.8 Å². The van der Waals surface area contributed by atoms with Gasteiger partial charge >= 0.3 is 6.01 Å². The number of aromatic nitrogens is 4. The van der Waals surface area contributed by atoms with E-state index in [2.05, 4.69) is 15.0 Å². The minimum atomic E-state index is -0.694. The highest BCUT2D eigenvalue weighted by atomic mass is 19.1. The third-order valence-corrected chi connectivity index (χ3v) is 7.16. The molecule has 6 rings (SSSR count). The fourth-order valence-corrected chi connectivity index (χ4v) is 4.86. The summed E-state index contributed by atoms with van der Waals surface area (Å²) in [5.74, 6) is -0.962.